The monoisotopic (exact) mass is 549 g/mol. The van der Waals surface area contributed by atoms with E-state index in [4.69, 9.17) is 23.2 Å². The first-order valence-corrected chi connectivity index (χ1v) is 12.1. The summed E-state index contributed by atoms with van der Waals surface area (Å²) in [6.07, 6.45) is -0.413. The third-order valence-electron chi connectivity index (χ3n) is 4.66. The average Bonchev–Trinajstić information content (AvgIpc) is 3.29. The van der Waals surface area contributed by atoms with Crippen molar-refractivity contribution in [2.24, 2.45) is 0 Å². The molecule has 0 fully saturated rings. The van der Waals surface area contributed by atoms with Crippen molar-refractivity contribution in [3.8, 4) is 0 Å². The van der Waals surface area contributed by atoms with E-state index in [1.807, 2.05) is 30.3 Å². The fourth-order valence-corrected chi connectivity index (χ4v) is 4.28. The van der Waals surface area contributed by atoms with Crippen molar-refractivity contribution in [1.82, 2.24) is 20.9 Å². The largest absolute Gasteiger partial charge is 0.481 e. The summed E-state index contributed by atoms with van der Waals surface area (Å²) in [7, 11) is 0. The number of hydrogen-bond donors (Lipinski definition) is 5. The van der Waals surface area contributed by atoms with Crippen LogP contribution < -0.4 is 21.3 Å². The van der Waals surface area contributed by atoms with Gasteiger partial charge < -0.3 is 21.1 Å². The molecule has 2 aromatic carbocycles. The molecular formula is C23H21Cl2N5O5S. The van der Waals surface area contributed by atoms with E-state index in [1.165, 1.54) is 23.6 Å². The Morgan fingerprint density at radius 1 is 1.00 bits per heavy atom. The standard InChI is InChI=1S/C23H21Cl2N5O5S/c24-15-6-14(7-16(25)8-15)17(9-20(32)33)28-19(31)11-26-21(34)18-12-36-23(29-18)30-22(35)27-10-13-4-2-1-3-5-13/h1-8,12,17H,9-11H2,(H,26,34)(H,28,31)(H,32,33)(H2,27,29,30,35). The molecule has 0 bridgehead atoms. The Morgan fingerprint density at radius 3 is 2.36 bits per heavy atom. The van der Waals surface area contributed by atoms with Crippen LogP contribution in [0.5, 0.6) is 0 Å². The molecule has 5 N–H and O–H groups in total. The molecule has 0 aliphatic rings. The van der Waals surface area contributed by atoms with Crippen molar-refractivity contribution in [1.29, 1.82) is 0 Å². The normalized spacial score (nSPS) is 11.3. The molecule has 1 heterocycles. The molecule has 13 heteroatoms. The molecule has 0 aliphatic carbocycles. The van der Waals surface area contributed by atoms with E-state index < -0.39 is 42.8 Å². The van der Waals surface area contributed by atoms with Gasteiger partial charge in [0.2, 0.25) is 5.91 Å². The quantitative estimate of drug-likeness (QED) is 0.259. The smallest absolute Gasteiger partial charge is 0.321 e. The summed E-state index contributed by atoms with van der Waals surface area (Å²) in [6.45, 7) is -0.105. The highest BCUT2D eigenvalue weighted by Gasteiger charge is 2.20. The van der Waals surface area contributed by atoms with Gasteiger partial charge in [-0.2, -0.15) is 0 Å². The van der Waals surface area contributed by atoms with Crippen LogP contribution >= 0.6 is 34.5 Å². The van der Waals surface area contributed by atoms with E-state index in [0.29, 0.717) is 12.1 Å². The molecule has 1 unspecified atom stereocenters. The second-order valence-corrected chi connectivity index (χ2v) is 9.17. The molecule has 0 saturated heterocycles. The van der Waals surface area contributed by atoms with Crippen LogP contribution in [0.15, 0.2) is 53.9 Å². The highest BCUT2D eigenvalue weighted by atomic mass is 35.5. The van der Waals surface area contributed by atoms with Crippen LogP contribution in [0.2, 0.25) is 10.0 Å². The number of urea groups is 1. The molecule has 0 aliphatic heterocycles. The highest BCUT2D eigenvalue weighted by Crippen LogP contribution is 2.25. The van der Waals surface area contributed by atoms with Crippen LogP contribution in [-0.2, 0) is 16.1 Å². The molecule has 10 nitrogen and oxygen atoms in total. The number of benzene rings is 2. The van der Waals surface area contributed by atoms with Gasteiger partial charge in [-0.25, -0.2) is 9.78 Å². The minimum Gasteiger partial charge on any atom is -0.481 e. The third kappa shape index (κ3) is 8.52. The van der Waals surface area contributed by atoms with Crippen LogP contribution in [0.1, 0.15) is 34.1 Å². The zero-order valence-electron chi connectivity index (χ0n) is 18.6. The van der Waals surface area contributed by atoms with E-state index >= 15 is 0 Å². The number of carboxylic acid groups (broad SMARTS) is 1. The van der Waals surface area contributed by atoms with E-state index in [1.54, 1.807) is 0 Å². The van der Waals surface area contributed by atoms with Crippen molar-refractivity contribution in [2.45, 2.75) is 19.0 Å². The molecule has 36 heavy (non-hydrogen) atoms. The number of rotatable bonds is 10. The highest BCUT2D eigenvalue weighted by molar-refractivity contribution is 7.14. The predicted molar refractivity (Wildman–Crippen MR) is 136 cm³/mol. The first-order valence-electron chi connectivity index (χ1n) is 10.5. The van der Waals surface area contributed by atoms with Crippen molar-refractivity contribution in [3.05, 3.63) is 80.8 Å². The maximum absolute atomic E-state index is 12.4. The molecule has 0 spiro atoms. The number of aliphatic carboxylic acids is 1. The zero-order valence-corrected chi connectivity index (χ0v) is 20.9. The number of anilines is 1. The van der Waals surface area contributed by atoms with Gasteiger partial charge in [0.1, 0.15) is 5.69 Å². The summed E-state index contributed by atoms with van der Waals surface area (Å²) in [5.41, 5.74) is 1.35. The Hall–Kier alpha value is -3.67. The summed E-state index contributed by atoms with van der Waals surface area (Å²) in [5.74, 6) is -2.41. The second kappa shape index (κ2) is 12.9. The van der Waals surface area contributed by atoms with Gasteiger partial charge in [-0.05, 0) is 29.3 Å². The number of nitrogens with one attached hydrogen (secondary N) is 4. The van der Waals surface area contributed by atoms with Crippen LogP contribution in [0.3, 0.4) is 0 Å². The number of carboxylic acids is 1. The predicted octanol–water partition coefficient (Wildman–Crippen LogP) is 3.83. The lowest BCUT2D eigenvalue weighted by Crippen LogP contribution is -2.39. The topological polar surface area (TPSA) is 150 Å². The SMILES string of the molecule is O=C(O)CC(NC(=O)CNC(=O)c1csc(NC(=O)NCc2ccccc2)n1)c1cc(Cl)cc(Cl)c1. The molecular weight excluding hydrogens is 529 g/mol. The molecule has 1 atom stereocenters. The molecule has 4 amide bonds. The fraction of sp³-hybridized carbons (Fsp3) is 0.174. The number of halogens is 2. The number of carbonyl (C=O) groups excluding carboxylic acids is 3. The first-order chi connectivity index (χ1) is 17.2. The van der Waals surface area contributed by atoms with Gasteiger partial charge in [0.05, 0.1) is 19.0 Å². The van der Waals surface area contributed by atoms with E-state index in [2.05, 4.69) is 26.3 Å². The summed E-state index contributed by atoms with van der Waals surface area (Å²) in [4.78, 5) is 52.1. The summed E-state index contributed by atoms with van der Waals surface area (Å²) < 4.78 is 0. The van der Waals surface area contributed by atoms with E-state index in [9.17, 15) is 24.3 Å². The summed E-state index contributed by atoms with van der Waals surface area (Å²) >= 11 is 13.0. The maximum atomic E-state index is 12.4. The lowest BCUT2D eigenvalue weighted by Gasteiger charge is -2.18. The van der Waals surface area contributed by atoms with Gasteiger partial charge in [-0.15, -0.1) is 11.3 Å². The number of amides is 4. The number of aromatic nitrogens is 1. The van der Waals surface area contributed by atoms with Gasteiger partial charge in [0, 0.05) is 22.0 Å². The van der Waals surface area contributed by atoms with Gasteiger partial charge in [0.15, 0.2) is 5.13 Å². The fourth-order valence-electron chi connectivity index (χ4n) is 3.05. The lowest BCUT2D eigenvalue weighted by molar-refractivity contribution is -0.137. The van der Waals surface area contributed by atoms with Crippen molar-refractivity contribution >= 4 is 63.5 Å². The Morgan fingerprint density at radius 2 is 1.69 bits per heavy atom. The van der Waals surface area contributed by atoms with Crippen LogP contribution in [0.25, 0.3) is 0 Å². The van der Waals surface area contributed by atoms with Crippen LogP contribution in [0.4, 0.5) is 9.93 Å². The Bertz CT molecular complexity index is 1230. The molecule has 0 saturated carbocycles. The van der Waals surface area contributed by atoms with Crippen molar-refractivity contribution in [2.75, 3.05) is 11.9 Å². The summed E-state index contributed by atoms with van der Waals surface area (Å²) in [6, 6.07) is 12.4. The van der Waals surface area contributed by atoms with E-state index in [0.717, 1.165) is 16.9 Å². The average molecular weight is 550 g/mol. The van der Waals surface area contributed by atoms with Gasteiger partial charge in [-0.1, -0.05) is 53.5 Å². The van der Waals surface area contributed by atoms with Crippen molar-refractivity contribution in [3.63, 3.8) is 0 Å². The van der Waals surface area contributed by atoms with Crippen LogP contribution in [0, 0.1) is 0 Å². The Labute approximate surface area is 220 Å². The van der Waals surface area contributed by atoms with Crippen molar-refractivity contribution < 1.29 is 24.3 Å². The van der Waals surface area contributed by atoms with Gasteiger partial charge in [0.25, 0.3) is 5.91 Å². The zero-order chi connectivity index (χ0) is 26.1. The Balaban J connectivity index is 1.50. The lowest BCUT2D eigenvalue weighted by atomic mass is 10.0. The van der Waals surface area contributed by atoms with Gasteiger partial charge in [-0.3, -0.25) is 19.7 Å². The number of carbonyl (C=O) groups is 4. The van der Waals surface area contributed by atoms with Crippen LogP contribution in [-0.4, -0.2) is 40.5 Å². The first kappa shape index (κ1) is 26.9. The molecule has 188 valence electrons. The minimum atomic E-state index is -1.14. The number of hydrogen-bond acceptors (Lipinski definition) is 6. The number of thiazole rings is 1. The second-order valence-electron chi connectivity index (χ2n) is 7.43. The summed E-state index contributed by atoms with van der Waals surface area (Å²) in [5, 5.41) is 21.6. The van der Waals surface area contributed by atoms with Gasteiger partial charge >= 0.3 is 12.0 Å². The molecule has 0 radical (unpaired) electrons. The molecule has 3 rings (SSSR count). The molecule has 1 aromatic heterocycles. The maximum Gasteiger partial charge on any atom is 0.321 e. The molecule has 3 aromatic rings. The number of nitrogens with zero attached hydrogens (tertiary/aromatic N) is 1. The Kier molecular flexibility index (Phi) is 9.62. The third-order valence-corrected chi connectivity index (χ3v) is 5.86. The minimum absolute atomic E-state index is 0.00914. The van der Waals surface area contributed by atoms with E-state index in [-0.39, 0.29) is 20.9 Å².